The number of ether oxygens (including phenoxy) is 1. The topological polar surface area (TPSA) is 87.5 Å². The lowest BCUT2D eigenvalue weighted by atomic mass is 10.0. The minimum absolute atomic E-state index is 0.295. The van der Waals surface area contributed by atoms with E-state index in [0.29, 0.717) is 35.3 Å². The van der Waals surface area contributed by atoms with Gasteiger partial charge in [0.1, 0.15) is 23.3 Å². The molecule has 4 aromatic rings. The van der Waals surface area contributed by atoms with Crippen LogP contribution in [0.4, 0.5) is 0 Å². The van der Waals surface area contributed by atoms with E-state index in [4.69, 9.17) is 20.8 Å². The van der Waals surface area contributed by atoms with Crippen molar-refractivity contribution in [3.63, 3.8) is 0 Å². The van der Waals surface area contributed by atoms with Crippen LogP contribution in [0.15, 0.2) is 65.2 Å². The predicted octanol–water partition coefficient (Wildman–Crippen LogP) is 4.88. The molecule has 0 spiro atoms. The number of carbonyl (C=O) groups is 1. The fourth-order valence-electron chi connectivity index (χ4n) is 3.44. The Balaban J connectivity index is 1.45. The van der Waals surface area contributed by atoms with Gasteiger partial charge >= 0.3 is 5.97 Å². The summed E-state index contributed by atoms with van der Waals surface area (Å²) in [6.45, 7) is 0.295. The highest BCUT2D eigenvalue weighted by Gasteiger charge is 2.20. The maximum absolute atomic E-state index is 11.8. The first-order chi connectivity index (χ1) is 14.5. The molecule has 0 saturated heterocycles. The molecule has 6 nitrogen and oxygen atoms in total. The molecule has 0 bridgehead atoms. The van der Waals surface area contributed by atoms with Crippen molar-refractivity contribution in [1.82, 2.24) is 10.3 Å². The standard InChI is InChI=1S/C23H21ClN2O4/c1-29-22-8-6-14(10-18(22)24)21-9-7-16(30-21)13-26-20(23(27)28)11-15-12-25-19-5-3-2-4-17(15)19/h2-10,12,20,25-26H,11,13H2,1H3,(H,27,28)/t20-/m1/s1. The lowest BCUT2D eigenvalue weighted by Gasteiger charge is -2.13. The van der Waals surface area contributed by atoms with Gasteiger partial charge in [-0.25, -0.2) is 0 Å². The molecule has 0 unspecified atom stereocenters. The lowest BCUT2D eigenvalue weighted by Crippen LogP contribution is -2.37. The van der Waals surface area contributed by atoms with Crippen LogP contribution in [0.5, 0.6) is 5.75 Å². The molecule has 0 saturated carbocycles. The minimum atomic E-state index is -0.908. The van der Waals surface area contributed by atoms with Gasteiger partial charge in [-0.05, 0) is 42.0 Å². The quantitative estimate of drug-likeness (QED) is 0.375. The molecule has 0 radical (unpaired) electrons. The van der Waals surface area contributed by atoms with Crippen LogP contribution in [0.25, 0.3) is 22.2 Å². The SMILES string of the molecule is COc1ccc(-c2ccc(CN[C@H](Cc3c[nH]c4ccccc34)C(=O)O)o2)cc1Cl. The lowest BCUT2D eigenvalue weighted by molar-refractivity contribution is -0.139. The molecule has 7 heteroatoms. The molecule has 0 amide bonds. The number of carboxylic acid groups (broad SMARTS) is 1. The van der Waals surface area contributed by atoms with Crippen molar-refractivity contribution in [3.8, 4) is 17.1 Å². The molecular weight excluding hydrogens is 404 g/mol. The van der Waals surface area contributed by atoms with Gasteiger partial charge in [0.25, 0.3) is 0 Å². The first-order valence-corrected chi connectivity index (χ1v) is 9.86. The Morgan fingerprint density at radius 1 is 1.23 bits per heavy atom. The first-order valence-electron chi connectivity index (χ1n) is 9.49. The second-order valence-electron chi connectivity index (χ2n) is 6.95. The number of hydrogen-bond donors (Lipinski definition) is 3. The van der Waals surface area contributed by atoms with Crippen molar-refractivity contribution in [2.45, 2.75) is 19.0 Å². The van der Waals surface area contributed by atoms with Crippen LogP contribution >= 0.6 is 11.6 Å². The number of aromatic amines is 1. The molecule has 0 aliphatic heterocycles. The Kier molecular flexibility index (Phi) is 5.79. The second-order valence-corrected chi connectivity index (χ2v) is 7.36. The summed E-state index contributed by atoms with van der Waals surface area (Å²) in [4.78, 5) is 15.0. The summed E-state index contributed by atoms with van der Waals surface area (Å²) in [5, 5.41) is 14.3. The van der Waals surface area contributed by atoms with Crippen LogP contribution in [0, 0.1) is 0 Å². The third kappa shape index (κ3) is 4.20. The number of furan rings is 1. The van der Waals surface area contributed by atoms with Crippen LogP contribution in [0.2, 0.25) is 5.02 Å². The number of H-pyrrole nitrogens is 1. The van der Waals surface area contributed by atoms with Gasteiger partial charge in [0.2, 0.25) is 0 Å². The molecule has 4 rings (SSSR count). The summed E-state index contributed by atoms with van der Waals surface area (Å²) >= 11 is 6.19. The van der Waals surface area contributed by atoms with Crippen molar-refractivity contribution < 1.29 is 19.1 Å². The highest BCUT2D eigenvalue weighted by molar-refractivity contribution is 6.32. The third-order valence-corrected chi connectivity index (χ3v) is 5.31. The largest absolute Gasteiger partial charge is 0.495 e. The fraction of sp³-hybridized carbons (Fsp3) is 0.174. The molecule has 3 N–H and O–H groups in total. The highest BCUT2D eigenvalue weighted by Crippen LogP contribution is 2.31. The minimum Gasteiger partial charge on any atom is -0.495 e. The number of aromatic nitrogens is 1. The number of para-hydroxylation sites is 1. The molecule has 0 aliphatic carbocycles. The third-order valence-electron chi connectivity index (χ3n) is 5.02. The Hall–Kier alpha value is -3.22. The van der Waals surface area contributed by atoms with Crippen LogP contribution in [-0.4, -0.2) is 29.2 Å². The zero-order chi connectivity index (χ0) is 21.1. The first kappa shape index (κ1) is 20.1. The van der Waals surface area contributed by atoms with Crippen molar-refractivity contribution >= 4 is 28.5 Å². The fourth-order valence-corrected chi connectivity index (χ4v) is 3.70. The van der Waals surface area contributed by atoms with Crippen LogP contribution in [0.1, 0.15) is 11.3 Å². The van der Waals surface area contributed by atoms with E-state index in [1.807, 2.05) is 48.7 Å². The van der Waals surface area contributed by atoms with Crippen LogP contribution < -0.4 is 10.1 Å². The van der Waals surface area contributed by atoms with Crippen molar-refractivity contribution in [3.05, 3.63) is 77.1 Å². The Morgan fingerprint density at radius 3 is 2.83 bits per heavy atom. The van der Waals surface area contributed by atoms with Crippen molar-refractivity contribution in [2.24, 2.45) is 0 Å². The maximum Gasteiger partial charge on any atom is 0.321 e. The van der Waals surface area contributed by atoms with E-state index in [0.717, 1.165) is 22.0 Å². The summed E-state index contributed by atoms with van der Waals surface area (Å²) in [6.07, 6.45) is 2.22. The molecular formula is C23H21ClN2O4. The number of hydrogen-bond acceptors (Lipinski definition) is 4. The number of nitrogens with one attached hydrogen (secondary N) is 2. The van der Waals surface area contributed by atoms with E-state index in [2.05, 4.69) is 10.3 Å². The average molecular weight is 425 g/mol. The van der Waals surface area contributed by atoms with Gasteiger partial charge in [0, 0.05) is 29.1 Å². The zero-order valence-corrected chi connectivity index (χ0v) is 17.1. The number of aliphatic carboxylic acids is 1. The summed E-state index contributed by atoms with van der Waals surface area (Å²) in [7, 11) is 1.56. The van der Waals surface area contributed by atoms with Crippen molar-refractivity contribution in [1.29, 1.82) is 0 Å². The van der Waals surface area contributed by atoms with E-state index in [-0.39, 0.29) is 0 Å². The summed E-state index contributed by atoms with van der Waals surface area (Å²) in [6, 6.07) is 16.2. The van der Waals surface area contributed by atoms with E-state index >= 15 is 0 Å². The number of fused-ring (bicyclic) bond motifs is 1. The molecule has 2 heterocycles. The number of rotatable bonds is 8. The average Bonchev–Trinajstić information content (AvgIpc) is 3.38. The summed E-state index contributed by atoms with van der Waals surface area (Å²) < 4.78 is 11.0. The van der Waals surface area contributed by atoms with Gasteiger partial charge in [0.15, 0.2) is 0 Å². The van der Waals surface area contributed by atoms with Gasteiger partial charge in [-0.1, -0.05) is 29.8 Å². The normalized spacial score (nSPS) is 12.2. The molecule has 2 aromatic carbocycles. The highest BCUT2D eigenvalue weighted by atomic mass is 35.5. The maximum atomic E-state index is 11.8. The Labute approximate surface area is 178 Å². The van der Waals surface area contributed by atoms with Gasteiger partial charge in [-0.15, -0.1) is 0 Å². The number of halogens is 1. The zero-order valence-electron chi connectivity index (χ0n) is 16.3. The number of methoxy groups -OCH3 is 1. The Morgan fingerprint density at radius 2 is 2.07 bits per heavy atom. The van der Waals surface area contributed by atoms with Gasteiger partial charge in [-0.3, -0.25) is 10.1 Å². The van der Waals surface area contributed by atoms with Gasteiger partial charge in [-0.2, -0.15) is 0 Å². The number of benzene rings is 2. The monoisotopic (exact) mass is 424 g/mol. The van der Waals surface area contributed by atoms with E-state index in [9.17, 15) is 9.90 Å². The van der Waals surface area contributed by atoms with Crippen LogP contribution in [-0.2, 0) is 17.8 Å². The van der Waals surface area contributed by atoms with E-state index in [1.54, 1.807) is 19.2 Å². The molecule has 2 aromatic heterocycles. The predicted molar refractivity (Wildman–Crippen MR) is 116 cm³/mol. The van der Waals surface area contributed by atoms with Crippen molar-refractivity contribution in [2.75, 3.05) is 7.11 Å². The number of carboxylic acids is 1. The molecule has 154 valence electrons. The smallest absolute Gasteiger partial charge is 0.321 e. The summed E-state index contributed by atoms with van der Waals surface area (Å²) in [5.41, 5.74) is 2.77. The van der Waals surface area contributed by atoms with E-state index < -0.39 is 12.0 Å². The van der Waals surface area contributed by atoms with Crippen LogP contribution in [0.3, 0.4) is 0 Å². The van der Waals surface area contributed by atoms with Gasteiger partial charge in [0.05, 0.1) is 18.7 Å². The molecule has 1 atom stereocenters. The van der Waals surface area contributed by atoms with Gasteiger partial charge < -0.3 is 19.2 Å². The second kappa shape index (κ2) is 8.65. The Bertz CT molecular complexity index is 1180. The molecule has 30 heavy (non-hydrogen) atoms. The summed E-state index contributed by atoms with van der Waals surface area (Å²) in [5.74, 6) is 0.978. The molecule has 0 aliphatic rings. The molecule has 0 fully saturated rings. The van der Waals surface area contributed by atoms with E-state index in [1.165, 1.54) is 0 Å².